The van der Waals surface area contributed by atoms with Crippen LogP contribution < -0.4 is 16.4 Å². The van der Waals surface area contributed by atoms with Crippen molar-refractivity contribution in [2.75, 3.05) is 11.9 Å². The fraction of sp³-hybridized carbons (Fsp3) is 0.240. The highest BCUT2D eigenvalue weighted by Crippen LogP contribution is 2.27. The van der Waals surface area contributed by atoms with Crippen molar-refractivity contribution in [1.82, 2.24) is 19.4 Å². The van der Waals surface area contributed by atoms with Gasteiger partial charge in [0.2, 0.25) is 0 Å². The standard InChI is InChI=1S/C25H28N6O3/c1-17(30-15-21(24(26)33)28-16-30)13-23(32)31-12-10-19-7-8-20(14-22(19)31)29-25(34)27-11-9-18-5-3-2-4-6-18/h2-8,10,12,14-17,23,32H,9,11,13H2,1H3,(H2,26,33)(H2,27,29,34). The Hall–Kier alpha value is -4.11. The van der Waals surface area contributed by atoms with Crippen molar-refractivity contribution in [3.8, 4) is 0 Å². The molecule has 3 amide bonds. The Morgan fingerprint density at radius 3 is 2.68 bits per heavy atom. The minimum Gasteiger partial charge on any atom is -0.373 e. The number of rotatable bonds is 9. The number of benzene rings is 2. The second-order valence-electron chi connectivity index (χ2n) is 8.25. The Morgan fingerprint density at radius 1 is 1.15 bits per heavy atom. The van der Waals surface area contributed by atoms with E-state index >= 15 is 0 Å². The lowest BCUT2D eigenvalue weighted by Gasteiger charge is -2.20. The van der Waals surface area contributed by atoms with Crippen molar-refractivity contribution in [1.29, 1.82) is 0 Å². The lowest BCUT2D eigenvalue weighted by atomic mass is 10.1. The maximum Gasteiger partial charge on any atom is 0.319 e. The first-order valence-electron chi connectivity index (χ1n) is 11.1. The van der Waals surface area contributed by atoms with Crippen LogP contribution in [0.25, 0.3) is 10.9 Å². The van der Waals surface area contributed by atoms with E-state index in [-0.39, 0.29) is 17.8 Å². The van der Waals surface area contributed by atoms with Gasteiger partial charge in [0.25, 0.3) is 5.91 Å². The van der Waals surface area contributed by atoms with Crippen LogP contribution in [0.15, 0.2) is 73.3 Å². The highest BCUT2D eigenvalue weighted by molar-refractivity contribution is 5.93. The number of amides is 3. The van der Waals surface area contributed by atoms with Gasteiger partial charge in [-0.15, -0.1) is 0 Å². The van der Waals surface area contributed by atoms with Gasteiger partial charge in [-0.25, -0.2) is 9.78 Å². The molecule has 2 aromatic carbocycles. The summed E-state index contributed by atoms with van der Waals surface area (Å²) in [5.74, 6) is -0.591. The molecule has 4 aromatic rings. The van der Waals surface area contributed by atoms with E-state index in [1.807, 2.05) is 67.7 Å². The van der Waals surface area contributed by atoms with Gasteiger partial charge in [0, 0.05) is 37.1 Å². The monoisotopic (exact) mass is 460 g/mol. The summed E-state index contributed by atoms with van der Waals surface area (Å²) in [6, 6.07) is 17.0. The Kier molecular flexibility index (Phi) is 6.93. The quantitative estimate of drug-likeness (QED) is 0.305. The lowest BCUT2D eigenvalue weighted by Crippen LogP contribution is -2.30. The first-order chi connectivity index (χ1) is 16.4. The van der Waals surface area contributed by atoms with Gasteiger partial charge in [-0.05, 0) is 42.5 Å². The van der Waals surface area contributed by atoms with Crippen LogP contribution in [0.3, 0.4) is 0 Å². The Morgan fingerprint density at radius 2 is 1.94 bits per heavy atom. The summed E-state index contributed by atoms with van der Waals surface area (Å²) in [5, 5.41) is 17.6. The first-order valence-corrected chi connectivity index (χ1v) is 11.1. The molecule has 2 aromatic heterocycles. The summed E-state index contributed by atoms with van der Waals surface area (Å²) in [7, 11) is 0. The van der Waals surface area contributed by atoms with Crippen molar-refractivity contribution in [3.05, 3.63) is 84.6 Å². The van der Waals surface area contributed by atoms with Gasteiger partial charge >= 0.3 is 6.03 Å². The number of hydrogen-bond donors (Lipinski definition) is 4. The number of nitrogens with two attached hydrogens (primary N) is 1. The van der Waals surface area contributed by atoms with E-state index in [1.165, 1.54) is 6.33 Å². The molecule has 2 unspecified atom stereocenters. The SMILES string of the molecule is CC(CC(O)n1ccc2ccc(NC(=O)NCCc3ccccc3)cc21)n1cnc(C(N)=O)c1. The normalized spacial score (nSPS) is 12.9. The molecule has 9 nitrogen and oxygen atoms in total. The van der Waals surface area contributed by atoms with Gasteiger partial charge in [-0.1, -0.05) is 36.4 Å². The van der Waals surface area contributed by atoms with E-state index in [1.54, 1.807) is 15.3 Å². The molecule has 0 aliphatic heterocycles. The number of aliphatic hydroxyl groups is 1. The number of carbonyl (C=O) groups excluding carboxylic acids is 2. The summed E-state index contributed by atoms with van der Waals surface area (Å²) in [6.07, 6.45) is 5.24. The van der Waals surface area contributed by atoms with E-state index in [0.717, 1.165) is 22.9 Å². The average molecular weight is 461 g/mol. The van der Waals surface area contributed by atoms with Crippen LogP contribution in [0.2, 0.25) is 0 Å². The number of aliphatic hydroxyl groups excluding tert-OH is 1. The summed E-state index contributed by atoms with van der Waals surface area (Å²) >= 11 is 0. The van der Waals surface area contributed by atoms with E-state index in [2.05, 4.69) is 15.6 Å². The molecule has 4 rings (SSSR count). The predicted molar refractivity (Wildman–Crippen MR) is 130 cm³/mol. The second kappa shape index (κ2) is 10.2. The minimum absolute atomic E-state index is 0.121. The molecule has 0 saturated carbocycles. The number of imidazole rings is 1. The van der Waals surface area contributed by atoms with Gasteiger partial charge in [-0.2, -0.15) is 0 Å². The molecule has 5 N–H and O–H groups in total. The zero-order valence-corrected chi connectivity index (χ0v) is 18.9. The van der Waals surface area contributed by atoms with Crippen molar-refractivity contribution in [2.45, 2.75) is 32.0 Å². The number of anilines is 1. The maximum absolute atomic E-state index is 12.3. The third-order valence-corrected chi connectivity index (χ3v) is 5.76. The molecule has 0 bridgehead atoms. The van der Waals surface area contributed by atoms with Crippen molar-refractivity contribution in [2.24, 2.45) is 5.73 Å². The van der Waals surface area contributed by atoms with Crippen LogP contribution in [0.1, 0.15) is 41.7 Å². The number of nitrogens with zero attached hydrogens (tertiary/aromatic N) is 3. The Bertz CT molecular complexity index is 1280. The summed E-state index contributed by atoms with van der Waals surface area (Å²) in [4.78, 5) is 27.6. The topological polar surface area (TPSA) is 127 Å². The largest absolute Gasteiger partial charge is 0.373 e. The molecule has 2 atom stereocenters. The molecule has 34 heavy (non-hydrogen) atoms. The smallest absolute Gasteiger partial charge is 0.319 e. The Labute approximate surface area is 197 Å². The molecule has 2 heterocycles. The van der Waals surface area contributed by atoms with Crippen molar-refractivity contribution in [3.63, 3.8) is 0 Å². The molecule has 0 fully saturated rings. The van der Waals surface area contributed by atoms with E-state index in [4.69, 9.17) is 5.73 Å². The number of aromatic nitrogens is 3. The molecule has 0 radical (unpaired) electrons. The predicted octanol–water partition coefficient (Wildman–Crippen LogP) is 3.44. The van der Waals surface area contributed by atoms with Gasteiger partial charge in [0.05, 0.1) is 11.8 Å². The number of fused-ring (bicyclic) bond motifs is 1. The summed E-state index contributed by atoms with van der Waals surface area (Å²) in [6.45, 7) is 2.45. The van der Waals surface area contributed by atoms with Crippen molar-refractivity contribution < 1.29 is 14.7 Å². The molecule has 0 aliphatic rings. The van der Waals surface area contributed by atoms with Crippen LogP contribution >= 0.6 is 0 Å². The third kappa shape index (κ3) is 5.44. The number of hydrogen-bond acceptors (Lipinski definition) is 4. The van der Waals surface area contributed by atoms with Crippen LogP contribution in [-0.4, -0.2) is 37.7 Å². The zero-order chi connectivity index (χ0) is 24.1. The van der Waals surface area contributed by atoms with Crippen LogP contribution in [0, 0.1) is 0 Å². The molecule has 0 aliphatic carbocycles. The fourth-order valence-corrected chi connectivity index (χ4v) is 3.87. The minimum atomic E-state index is -0.818. The highest BCUT2D eigenvalue weighted by Gasteiger charge is 2.17. The van der Waals surface area contributed by atoms with Crippen molar-refractivity contribution >= 4 is 28.5 Å². The molecule has 9 heteroatoms. The molecule has 176 valence electrons. The number of nitrogens with one attached hydrogen (secondary N) is 2. The molecular weight excluding hydrogens is 432 g/mol. The van der Waals surface area contributed by atoms with Gasteiger partial charge in [0.1, 0.15) is 11.9 Å². The highest BCUT2D eigenvalue weighted by atomic mass is 16.3. The maximum atomic E-state index is 12.3. The third-order valence-electron chi connectivity index (χ3n) is 5.76. The van der Waals surface area contributed by atoms with E-state index in [9.17, 15) is 14.7 Å². The molecular formula is C25H28N6O3. The zero-order valence-electron chi connectivity index (χ0n) is 18.9. The first kappa shape index (κ1) is 23.1. The second-order valence-corrected chi connectivity index (χ2v) is 8.25. The molecule has 0 spiro atoms. The Balaban J connectivity index is 1.39. The summed E-state index contributed by atoms with van der Waals surface area (Å²) < 4.78 is 3.51. The van der Waals surface area contributed by atoms with Gasteiger partial charge in [0.15, 0.2) is 0 Å². The average Bonchev–Trinajstić information content (AvgIpc) is 3.47. The fourth-order valence-electron chi connectivity index (χ4n) is 3.87. The van der Waals surface area contributed by atoms with E-state index in [0.29, 0.717) is 18.7 Å². The van der Waals surface area contributed by atoms with Crippen LogP contribution in [0.4, 0.5) is 10.5 Å². The number of primary amides is 1. The number of urea groups is 1. The van der Waals surface area contributed by atoms with Crippen LogP contribution in [-0.2, 0) is 6.42 Å². The van der Waals surface area contributed by atoms with Crippen LogP contribution in [0.5, 0.6) is 0 Å². The number of carbonyl (C=O) groups is 2. The van der Waals surface area contributed by atoms with Gasteiger partial charge < -0.3 is 30.6 Å². The van der Waals surface area contributed by atoms with E-state index < -0.39 is 12.1 Å². The van der Waals surface area contributed by atoms with Gasteiger partial charge in [-0.3, -0.25) is 4.79 Å². The summed E-state index contributed by atoms with van der Waals surface area (Å²) in [5.41, 5.74) is 8.04. The lowest BCUT2D eigenvalue weighted by molar-refractivity contribution is 0.0842. The molecule has 0 saturated heterocycles.